The van der Waals surface area contributed by atoms with E-state index in [4.69, 9.17) is 0 Å². The van der Waals surface area contributed by atoms with Gasteiger partial charge in [0.2, 0.25) is 5.91 Å². The molecular formula is C15H19N5O. The van der Waals surface area contributed by atoms with Crippen molar-refractivity contribution in [3.63, 3.8) is 0 Å². The molecule has 1 aromatic heterocycles. The van der Waals surface area contributed by atoms with Gasteiger partial charge in [0.25, 0.3) is 0 Å². The van der Waals surface area contributed by atoms with E-state index < -0.39 is 0 Å². The summed E-state index contributed by atoms with van der Waals surface area (Å²) in [5, 5.41) is 10.5. The summed E-state index contributed by atoms with van der Waals surface area (Å²) in [7, 11) is 1.83. The molecule has 1 unspecified atom stereocenters. The summed E-state index contributed by atoms with van der Waals surface area (Å²) in [6.07, 6.45) is 3.11. The number of rotatable bonds is 4. The maximum atomic E-state index is 12.2. The molecule has 0 saturated heterocycles. The summed E-state index contributed by atoms with van der Waals surface area (Å²) in [5.74, 6) is 0.828. The first-order chi connectivity index (χ1) is 10.2. The van der Waals surface area contributed by atoms with Crippen LogP contribution in [0.1, 0.15) is 11.4 Å². The highest BCUT2D eigenvalue weighted by Crippen LogP contribution is 2.24. The second-order valence-corrected chi connectivity index (χ2v) is 5.31. The van der Waals surface area contributed by atoms with Crippen LogP contribution >= 0.6 is 0 Å². The Bertz CT molecular complexity index is 636. The van der Waals surface area contributed by atoms with Gasteiger partial charge in [-0.3, -0.25) is 9.48 Å². The third kappa shape index (κ3) is 3.21. The molecule has 1 aliphatic rings. The number of nitrogens with one attached hydrogen (secondary N) is 2. The van der Waals surface area contributed by atoms with Gasteiger partial charge >= 0.3 is 0 Å². The highest BCUT2D eigenvalue weighted by molar-refractivity contribution is 5.80. The average molecular weight is 285 g/mol. The fourth-order valence-corrected chi connectivity index (χ4v) is 2.57. The zero-order chi connectivity index (χ0) is 14.7. The number of benzene rings is 1. The molecule has 0 spiro atoms. The van der Waals surface area contributed by atoms with Crippen LogP contribution in [-0.2, 0) is 24.7 Å². The summed E-state index contributed by atoms with van der Waals surface area (Å²) >= 11 is 0. The van der Waals surface area contributed by atoms with Crippen LogP contribution in [0.15, 0.2) is 30.6 Å². The topological polar surface area (TPSA) is 71.8 Å². The number of amides is 1. The molecule has 1 aromatic carbocycles. The number of carbonyl (C=O) groups excluding carboxylic acids is 1. The lowest BCUT2D eigenvalue weighted by atomic mass is 9.93. The van der Waals surface area contributed by atoms with Crippen LogP contribution in [0.2, 0.25) is 0 Å². The molecule has 0 bridgehead atoms. The second-order valence-electron chi connectivity index (χ2n) is 5.31. The van der Waals surface area contributed by atoms with Gasteiger partial charge < -0.3 is 10.6 Å². The maximum Gasteiger partial charge on any atom is 0.225 e. The zero-order valence-electron chi connectivity index (χ0n) is 12.0. The van der Waals surface area contributed by atoms with Crippen molar-refractivity contribution in [3.8, 4) is 0 Å². The van der Waals surface area contributed by atoms with Crippen LogP contribution in [0, 0.1) is 5.92 Å². The number of fused-ring (bicyclic) bond motifs is 1. The first-order valence-corrected chi connectivity index (χ1v) is 7.16. The molecule has 0 fully saturated rings. The van der Waals surface area contributed by atoms with Crippen molar-refractivity contribution in [2.75, 3.05) is 18.4 Å². The molecule has 3 rings (SSSR count). The van der Waals surface area contributed by atoms with E-state index >= 15 is 0 Å². The van der Waals surface area contributed by atoms with Gasteiger partial charge in [-0.1, -0.05) is 18.2 Å². The second kappa shape index (κ2) is 5.95. The van der Waals surface area contributed by atoms with Crippen LogP contribution in [-0.4, -0.2) is 33.8 Å². The molecule has 1 amide bonds. The first-order valence-electron chi connectivity index (χ1n) is 7.16. The minimum Gasteiger partial charge on any atom is -0.384 e. The van der Waals surface area contributed by atoms with Crippen LogP contribution in [0.5, 0.6) is 0 Å². The molecule has 6 nitrogen and oxygen atoms in total. The lowest BCUT2D eigenvalue weighted by Gasteiger charge is -2.25. The maximum absolute atomic E-state index is 12.2. The van der Waals surface area contributed by atoms with Gasteiger partial charge in [0.05, 0.1) is 5.92 Å². The quantitative estimate of drug-likeness (QED) is 0.870. The van der Waals surface area contributed by atoms with Gasteiger partial charge in [0.1, 0.15) is 6.33 Å². The van der Waals surface area contributed by atoms with Crippen molar-refractivity contribution in [3.05, 3.63) is 42.0 Å². The number of aromatic nitrogens is 3. The fraction of sp³-hybridized carbons (Fsp3) is 0.400. The minimum absolute atomic E-state index is 0.0170. The molecule has 2 aromatic rings. The SMILES string of the molecule is Cn1cnc(CCNC(=O)C2CNc3ccccc3C2)n1. The summed E-state index contributed by atoms with van der Waals surface area (Å²) < 4.78 is 1.67. The molecular weight excluding hydrogens is 266 g/mol. The molecule has 2 N–H and O–H groups in total. The minimum atomic E-state index is -0.0170. The van der Waals surface area contributed by atoms with Crippen LogP contribution in [0.3, 0.4) is 0 Å². The number of anilines is 1. The van der Waals surface area contributed by atoms with Crippen molar-refractivity contribution in [2.45, 2.75) is 12.8 Å². The number of carbonyl (C=O) groups is 1. The van der Waals surface area contributed by atoms with Gasteiger partial charge in [0, 0.05) is 32.2 Å². The Morgan fingerprint density at radius 2 is 2.33 bits per heavy atom. The first kappa shape index (κ1) is 13.6. The third-order valence-corrected chi connectivity index (χ3v) is 3.69. The average Bonchev–Trinajstić information content (AvgIpc) is 2.92. The largest absolute Gasteiger partial charge is 0.384 e. The Morgan fingerprint density at radius 1 is 1.48 bits per heavy atom. The number of hydrogen-bond acceptors (Lipinski definition) is 4. The Labute approximate surface area is 123 Å². The molecule has 0 aliphatic carbocycles. The van der Waals surface area contributed by atoms with Crippen LogP contribution in [0.4, 0.5) is 5.69 Å². The van der Waals surface area contributed by atoms with Crippen LogP contribution < -0.4 is 10.6 Å². The predicted molar refractivity (Wildman–Crippen MR) is 79.8 cm³/mol. The van der Waals surface area contributed by atoms with E-state index in [-0.39, 0.29) is 11.8 Å². The van der Waals surface area contributed by atoms with Gasteiger partial charge in [-0.15, -0.1) is 0 Å². The Kier molecular flexibility index (Phi) is 3.85. The number of nitrogens with zero attached hydrogens (tertiary/aromatic N) is 3. The highest BCUT2D eigenvalue weighted by Gasteiger charge is 2.23. The third-order valence-electron chi connectivity index (χ3n) is 3.69. The molecule has 0 saturated carbocycles. The highest BCUT2D eigenvalue weighted by atomic mass is 16.1. The molecule has 21 heavy (non-hydrogen) atoms. The van der Waals surface area contributed by atoms with E-state index in [0.717, 1.165) is 17.9 Å². The molecule has 1 aliphatic heterocycles. The molecule has 1 atom stereocenters. The molecule has 2 heterocycles. The monoisotopic (exact) mass is 285 g/mol. The number of hydrogen-bond donors (Lipinski definition) is 2. The van der Waals surface area contributed by atoms with E-state index in [2.05, 4.69) is 32.8 Å². The van der Waals surface area contributed by atoms with Crippen molar-refractivity contribution < 1.29 is 4.79 Å². The summed E-state index contributed by atoms with van der Waals surface area (Å²) in [4.78, 5) is 16.3. The zero-order valence-corrected chi connectivity index (χ0v) is 12.0. The van der Waals surface area contributed by atoms with Gasteiger partial charge in [-0.05, 0) is 18.1 Å². The Balaban J connectivity index is 1.50. The smallest absolute Gasteiger partial charge is 0.225 e. The Hall–Kier alpha value is -2.37. The van der Waals surface area contributed by atoms with Crippen LogP contribution in [0.25, 0.3) is 0 Å². The lowest BCUT2D eigenvalue weighted by Crippen LogP contribution is -2.39. The number of para-hydroxylation sites is 1. The molecule has 6 heteroatoms. The molecule has 110 valence electrons. The van der Waals surface area contributed by atoms with Gasteiger partial charge in [-0.25, -0.2) is 4.98 Å². The van der Waals surface area contributed by atoms with E-state index in [1.165, 1.54) is 5.56 Å². The summed E-state index contributed by atoms with van der Waals surface area (Å²) in [5.41, 5.74) is 2.34. The van der Waals surface area contributed by atoms with Crippen molar-refractivity contribution in [1.82, 2.24) is 20.1 Å². The van der Waals surface area contributed by atoms with Gasteiger partial charge in [0.15, 0.2) is 5.82 Å². The van der Waals surface area contributed by atoms with E-state index in [0.29, 0.717) is 19.5 Å². The van der Waals surface area contributed by atoms with E-state index in [1.54, 1.807) is 11.0 Å². The van der Waals surface area contributed by atoms with Crippen molar-refractivity contribution >= 4 is 11.6 Å². The van der Waals surface area contributed by atoms with E-state index in [1.807, 2.05) is 19.2 Å². The fourth-order valence-electron chi connectivity index (χ4n) is 2.57. The van der Waals surface area contributed by atoms with Crippen molar-refractivity contribution in [2.24, 2.45) is 13.0 Å². The predicted octanol–water partition coefficient (Wildman–Crippen LogP) is 0.758. The lowest BCUT2D eigenvalue weighted by molar-refractivity contribution is -0.124. The van der Waals surface area contributed by atoms with Gasteiger partial charge in [-0.2, -0.15) is 5.10 Å². The summed E-state index contributed by atoms with van der Waals surface area (Å²) in [6, 6.07) is 8.13. The normalized spacial score (nSPS) is 16.9. The van der Waals surface area contributed by atoms with E-state index in [9.17, 15) is 4.79 Å². The summed E-state index contributed by atoms with van der Waals surface area (Å²) in [6.45, 7) is 1.26. The standard InChI is InChI=1S/C15H19N5O/c1-20-10-18-14(19-20)6-7-16-15(21)12-8-11-4-2-3-5-13(11)17-9-12/h2-5,10,12,17H,6-9H2,1H3,(H,16,21). The van der Waals surface area contributed by atoms with Crippen molar-refractivity contribution in [1.29, 1.82) is 0 Å². The number of aryl methyl sites for hydroxylation is 1. The Morgan fingerprint density at radius 3 is 3.14 bits per heavy atom. The molecule has 0 radical (unpaired) electrons.